The number of aryl methyl sites for hydroxylation is 1. The summed E-state index contributed by atoms with van der Waals surface area (Å²) in [6.45, 7) is 4.12. The lowest BCUT2D eigenvalue weighted by Crippen LogP contribution is -2.40. The van der Waals surface area contributed by atoms with E-state index in [-0.39, 0.29) is 6.61 Å². The Kier molecular flexibility index (Phi) is 7.15. The van der Waals surface area contributed by atoms with Crippen LogP contribution in [-0.4, -0.2) is 17.3 Å². The van der Waals surface area contributed by atoms with Crippen molar-refractivity contribution in [1.82, 2.24) is 0 Å². The first kappa shape index (κ1) is 16.2. The van der Waals surface area contributed by atoms with Gasteiger partial charge in [0.25, 0.3) is 0 Å². The quantitative estimate of drug-likeness (QED) is 0.594. The van der Waals surface area contributed by atoms with Crippen LogP contribution >= 0.6 is 11.3 Å². The third kappa shape index (κ3) is 6.77. The Hall–Kier alpha value is -0.820. The van der Waals surface area contributed by atoms with Crippen LogP contribution in [0.1, 0.15) is 55.7 Å². The maximum atomic E-state index is 9.12. The van der Waals surface area contributed by atoms with E-state index < -0.39 is 5.54 Å². The molecular weight excluding hydrogens is 254 g/mol. The van der Waals surface area contributed by atoms with E-state index in [9.17, 15) is 0 Å². The second kappa shape index (κ2) is 8.37. The molecule has 0 aromatic carbocycles. The van der Waals surface area contributed by atoms with Gasteiger partial charge in [-0.05, 0) is 38.3 Å². The molecule has 2 nitrogen and oxygen atoms in total. The zero-order valence-corrected chi connectivity index (χ0v) is 12.9. The molecule has 1 atom stereocenters. The lowest BCUT2D eigenvalue weighted by atomic mass is 9.98. The van der Waals surface area contributed by atoms with E-state index in [4.69, 9.17) is 10.8 Å². The number of aliphatic hydroxyl groups is 1. The van der Waals surface area contributed by atoms with Crippen LogP contribution in [0.3, 0.4) is 0 Å². The average Bonchev–Trinajstić information content (AvgIpc) is 2.84. The molecule has 3 N–H and O–H groups in total. The Morgan fingerprint density at radius 1 is 1.37 bits per heavy atom. The molecule has 0 aliphatic carbocycles. The summed E-state index contributed by atoms with van der Waals surface area (Å²) in [6, 6.07) is 4.20. The van der Waals surface area contributed by atoms with Gasteiger partial charge < -0.3 is 10.8 Å². The molecule has 0 bridgehead atoms. The first-order valence-electron chi connectivity index (χ1n) is 7.05. The number of hydrogen-bond donors (Lipinski definition) is 2. The smallest absolute Gasteiger partial charge is 0.0771 e. The van der Waals surface area contributed by atoms with Crippen LogP contribution in [0.2, 0.25) is 0 Å². The van der Waals surface area contributed by atoms with Crippen LogP contribution in [0.25, 0.3) is 0 Å². The summed E-state index contributed by atoms with van der Waals surface area (Å²) < 4.78 is 0. The highest BCUT2D eigenvalue weighted by atomic mass is 32.1. The van der Waals surface area contributed by atoms with Crippen molar-refractivity contribution in [2.75, 3.05) is 6.61 Å². The topological polar surface area (TPSA) is 46.2 Å². The van der Waals surface area contributed by atoms with Gasteiger partial charge in [0, 0.05) is 16.8 Å². The molecule has 0 saturated carbocycles. The highest BCUT2D eigenvalue weighted by molar-refractivity contribution is 7.12. The molecule has 1 unspecified atom stereocenters. The third-order valence-corrected chi connectivity index (χ3v) is 4.14. The first-order valence-corrected chi connectivity index (χ1v) is 7.86. The lowest BCUT2D eigenvalue weighted by Gasteiger charge is -2.20. The summed E-state index contributed by atoms with van der Waals surface area (Å²) in [5.41, 5.74) is 5.45. The molecule has 19 heavy (non-hydrogen) atoms. The molecule has 0 radical (unpaired) electrons. The van der Waals surface area contributed by atoms with Gasteiger partial charge in [-0.15, -0.1) is 11.3 Å². The van der Waals surface area contributed by atoms with Gasteiger partial charge in [0.15, 0.2) is 0 Å². The van der Waals surface area contributed by atoms with Crippen LogP contribution in [0.15, 0.2) is 12.1 Å². The zero-order chi connectivity index (χ0) is 14.1. The van der Waals surface area contributed by atoms with Crippen molar-refractivity contribution in [2.45, 2.75) is 57.9 Å². The van der Waals surface area contributed by atoms with Crippen molar-refractivity contribution >= 4 is 11.3 Å². The predicted octanol–water partition coefficient (Wildman–Crippen LogP) is 3.32. The highest BCUT2D eigenvalue weighted by Crippen LogP contribution is 2.19. The second-order valence-electron chi connectivity index (χ2n) is 5.34. The van der Waals surface area contributed by atoms with Crippen molar-refractivity contribution in [3.63, 3.8) is 0 Å². The largest absolute Gasteiger partial charge is 0.394 e. The van der Waals surface area contributed by atoms with E-state index in [1.807, 2.05) is 6.92 Å². The molecule has 1 heterocycles. The molecular formula is C16H25NOS. The number of nitrogens with two attached hydrogens (primary N) is 1. The van der Waals surface area contributed by atoms with Gasteiger partial charge in [0.2, 0.25) is 0 Å². The fraction of sp³-hybridized carbons (Fsp3) is 0.625. The Morgan fingerprint density at radius 3 is 2.84 bits per heavy atom. The van der Waals surface area contributed by atoms with Crippen molar-refractivity contribution < 1.29 is 5.11 Å². The summed E-state index contributed by atoms with van der Waals surface area (Å²) in [5, 5.41) is 9.12. The summed E-state index contributed by atoms with van der Waals surface area (Å²) >= 11 is 1.74. The maximum Gasteiger partial charge on any atom is 0.0771 e. The van der Waals surface area contributed by atoms with Crippen molar-refractivity contribution in [2.24, 2.45) is 5.73 Å². The fourth-order valence-corrected chi connectivity index (χ4v) is 2.56. The van der Waals surface area contributed by atoms with Gasteiger partial charge in [0.1, 0.15) is 0 Å². The third-order valence-electron chi connectivity index (χ3n) is 3.08. The highest BCUT2D eigenvalue weighted by Gasteiger charge is 2.16. The molecule has 1 rings (SSSR count). The van der Waals surface area contributed by atoms with Crippen molar-refractivity contribution in [3.8, 4) is 11.8 Å². The fourth-order valence-electron chi connectivity index (χ4n) is 1.68. The first-order chi connectivity index (χ1) is 9.07. The summed E-state index contributed by atoms with van der Waals surface area (Å²) in [5.74, 6) is 6.45. The maximum absolute atomic E-state index is 9.12. The van der Waals surface area contributed by atoms with Crippen LogP contribution in [-0.2, 0) is 6.42 Å². The number of hydrogen-bond acceptors (Lipinski definition) is 3. The molecule has 0 spiro atoms. The number of rotatable bonds is 7. The molecule has 0 saturated heterocycles. The van der Waals surface area contributed by atoms with Crippen molar-refractivity contribution in [1.29, 1.82) is 0 Å². The molecule has 0 aliphatic rings. The Balaban J connectivity index is 2.40. The second-order valence-corrected chi connectivity index (χ2v) is 6.51. The van der Waals surface area contributed by atoms with Crippen LogP contribution in [0.5, 0.6) is 0 Å². The standard InChI is InChI=1S/C16H25NOS/c1-3-4-5-6-7-8-14-9-10-15(19-14)11-12-16(2,17)13-18/h9-10,18H,3-6,11-13,17H2,1-2H3. The van der Waals surface area contributed by atoms with Gasteiger partial charge in [0.05, 0.1) is 11.5 Å². The van der Waals surface area contributed by atoms with Crippen LogP contribution in [0.4, 0.5) is 0 Å². The SMILES string of the molecule is CCCCCC#Cc1ccc(CCC(C)(N)CO)s1. The molecule has 0 amide bonds. The molecule has 1 aromatic rings. The minimum atomic E-state index is -0.476. The minimum absolute atomic E-state index is 0.0302. The van der Waals surface area contributed by atoms with E-state index in [0.717, 1.165) is 24.1 Å². The molecule has 3 heteroatoms. The van der Waals surface area contributed by atoms with Gasteiger partial charge in [-0.3, -0.25) is 0 Å². The van der Waals surface area contributed by atoms with E-state index >= 15 is 0 Å². The number of thiophene rings is 1. The summed E-state index contributed by atoms with van der Waals surface area (Å²) in [6.07, 6.45) is 6.41. The zero-order valence-electron chi connectivity index (χ0n) is 12.0. The van der Waals surface area contributed by atoms with Gasteiger partial charge in [-0.25, -0.2) is 0 Å². The number of aliphatic hydroxyl groups excluding tert-OH is 1. The van der Waals surface area contributed by atoms with Crippen LogP contribution < -0.4 is 5.73 Å². The minimum Gasteiger partial charge on any atom is -0.394 e. The predicted molar refractivity (Wildman–Crippen MR) is 83.3 cm³/mol. The number of unbranched alkanes of at least 4 members (excludes halogenated alkanes) is 3. The average molecular weight is 279 g/mol. The van der Waals surface area contributed by atoms with Gasteiger partial charge >= 0.3 is 0 Å². The normalized spacial score (nSPS) is 13.7. The summed E-state index contributed by atoms with van der Waals surface area (Å²) in [4.78, 5) is 2.43. The monoisotopic (exact) mass is 279 g/mol. The summed E-state index contributed by atoms with van der Waals surface area (Å²) in [7, 11) is 0. The van der Waals surface area contributed by atoms with E-state index in [1.165, 1.54) is 24.1 Å². The van der Waals surface area contributed by atoms with Crippen LogP contribution in [0, 0.1) is 11.8 Å². The van der Waals surface area contributed by atoms with Gasteiger partial charge in [-0.1, -0.05) is 31.6 Å². The van der Waals surface area contributed by atoms with E-state index in [1.54, 1.807) is 11.3 Å². The molecule has 1 aromatic heterocycles. The lowest BCUT2D eigenvalue weighted by molar-refractivity contribution is 0.201. The molecule has 106 valence electrons. The Bertz CT molecular complexity index is 425. The molecule has 0 fully saturated rings. The van der Waals surface area contributed by atoms with Crippen molar-refractivity contribution in [3.05, 3.63) is 21.9 Å². The van der Waals surface area contributed by atoms with E-state index in [2.05, 4.69) is 30.9 Å². The Labute approximate surface area is 121 Å². The molecule has 0 aliphatic heterocycles. The Morgan fingerprint density at radius 2 is 2.16 bits per heavy atom. The van der Waals surface area contributed by atoms with E-state index in [0.29, 0.717) is 0 Å². The van der Waals surface area contributed by atoms with Gasteiger partial charge in [-0.2, -0.15) is 0 Å².